The monoisotopic (exact) mass is 382 g/mol. The molecular formula is C22H26N2O2S. The maximum absolute atomic E-state index is 12.9. The third-order valence-corrected chi connectivity index (χ3v) is 7.54. The van der Waals surface area contributed by atoms with Crippen molar-refractivity contribution in [2.75, 3.05) is 13.1 Å². The number of carbonyl (C=O) groups excluding carboxylic acids is 1. The number of phenolic OH excluding ortho intramolecular Hbond substituents is 1. The number of nitrogens with one attached hydrogen (secondary N) is 1. The van der Waals surface area contributed by atoms with Crippen LogP contribution in [0, 0.1) is 5.92 Å². The SMILES string of the molecule is CC12CCN(CC3CC3)C(Cc3ccc(O)cc31)C2NC(=O)c1ccsc1. The van der Waals surface area contributed by atoms with Gasteiger partial charge in [-0.15, -0.1) is 0 Å². The zero-order valence-electron chi connectivity index (χ0n) is 15.6. The van der Waals surface area contributed by atoms with Crippen LogP contribution in [0.15, 0.2) is 35.0 Å². The Morgan fingerprint density at radius 1 is 1.37 bits per heavy atom. The van der Waals surface area contributed by atoms with E-state index in [0.29, 0.717) is 11.8 Å². The number of hydrogen-bond acceptors (Lipinski definition) is 4. The maximum atomic E-state index is 12.9. The zero-order valence-corrected chi connectivity index (χ0v) is 16.5. The predicted molar refractivity (Wildman–Crippen MR) is 107 cm³/mol. The number of hydrogen-bond donors (Lipinski definition) is 2. The molecule has 5 heteroatoms. The fourth-order valence-corrected chi connectivity index (χ4v) is 5.75. The second-order valence-corrected chi connectivity index (χ2v) is 9.46. The molecular weight excluding hydrogens is 356 g/mol. The van der Waals surface area contributed by atoms with Gasteiger partial charge in [0, 0.05) is 28.9 Å². The van der Waals surface area contributed by atoms with Gasteiger partial charge in [-0.05, 0) is 72.9 Å². The number of thiophene rings is 1. The summed E-state index contributed by atoms with van der Waals surface area (Å²) in [6.07, 6.45) is 4.63. The number of amides is 1. The van der Waals surface area contributed by atoms with Gasteiger partial charge in [0.25, 0.3) is 5.91 Å². The van der Waals surface area contributed by atoms with Crippen molar-refractivity contribution < 1.29 is 9.90 Å². The molecule has 2 aliphatic carbocycles. The minimum Gasteiger partial charge on any atom is -0.508 e. The Morgan fingerprint density at radius 3 is 2.96 bits per heavy atom. The summed E-state index contributed by atoms with van der Waals surface area (Å²) in [5.41, 5.74) is 3.13. The molecule has 1 saturated heterocycles. The number of rotatable bonds is 4. The van der Waals surface area contributed by atoms with Crippen LogP contribution in [0.2, 0.25) is 0 Å². The molecule has 2 aromatic rings. The minimum absolute atomic E-state index is 0.0225. The molecule has 142 valence electrons. The first kappa shape index (κ1) is 17.3. The number of phenols is 1. The van der Waals surface area contributed by atoms with Crippen LogP contribution in [0.4, 0.5) is 0 Å². The first-order valence-corrected chi connectivity index (χ1v) is 10.9. The Morgan fingerprint density at radius 2 is 2.22 bits per heavy atom. The molecule has 3 unspecified atom stereocenters. The van der Waals surface area contributed by atoms with E-state index in [1.165, 1.54) is 24.0 Å². The lowest BCUT2D eigenvalue weighted by Crippen LogP contribution is -2.68. The van der Waals surface area contributed by atoms with E-state index in [4.69, 9.17) is 0 Å². The molecule has 2 bridgehead atoms. The van der Waals surface area contributed by atoms with Gasteiger partial charge in [-0.25, -0.2) is 0 Å². The van der Waals surface area contributed by atoms with Crippen molar-refractivity contribution >= 4 is 17.2 Å². The molecule has 3 aliphatic rings. The zero-order chi connectivity index (χ0) is 18.6. The normalized spacial score (nSPS) is 30.0. The van der Waals surface area contributed by atoms with Crippen molar-refractivity contribution in [3.05, 3.63) is 51.7 Å². The fourth-order valence-electron chi connectivity index (χ4n) is 5.11. The lowest BCUT2D eigenvalue weighted by atomic mass is 9.61. The van der Waals surface area contributed by atoms with E-state index in [2.05, 4.69) is 23.2 Å². The van der Waals surface area contributed by atoms with Gasteiger partial charge in [0.1, 0.15) is 5.75 Å². The van der Waals surface area contributed by atoms with Crippen LogP contribution in [0.1, 0.15) is 47.7 Å². The standard InChI is InChI=1S/C22H26N2O2S/c1-22-7-8-24(12-14-2-3-14)19(10-15-4-5-17(25)11-18(15)22)20(22)23-21(26)16-6-9-27-13-16/h4-6,9,11,13-14,19-20,25H,2-3,7-8,10,12H2,1H3,(H,23,26). The second-order valence-electron chi connectivity index (χ2n) is 8.68. The molecule has 1 aromatic heterocycles. The molecule has 27 heavy (non-hydrogen) atoms. The number of carbonyl (C=O) groups is 1. The van der Waals surface area contributed by atoms with Gasteiger partial charge in [0.05, 0.1) is 6.04 Å². The van der Waals surface area contributed by atoms with Gasteiger partial charge in [-0.1, -0.05) is 13.0 Å². The summed E-state index contributed by atoms with van der Waals surface area (Å²) in [7, 11) is 0. The summed E-state index contributed by atoms with van der Waals surface area (Å²) in [5.74, 6) is 1.18. The van der Waals surface area contributed by atoms with Gasteiger partial charge >= 0.3 is 0 Å². The van der Waals surface area contributed by atoms with Gasteiger partial charge < -0.3 is 10.4 Å². The van der Waals surface area contributed by atoms with E-state index in [0.717, 1.165) is 37.4 Å². The van der Waals surface area contributed by atoms with E-state index in [-0.39, 0.29) is 17.4 Å². The van der Waals surface area contributed by atoms with Crippen molar-refractivity contribution in [3.63, 3.8) is 0 Å². The Hall–Kier alpha value is -1.85. The van der Waals surface area contributed by atoms with E-state index < -0.39 is 0 Å². The Labute approximate surface area is 164 Å². The quantitative estimate of drug-likeness (QED) is 0.850. The average molecular weight is 383 g/mol. The largest absolute Gasteiger partial charge is 0.508 e. The molecule has 1 amide bonds. The molecule has 2 fully saturated rings. The molecule has 1 aromatic carbocycles. The highest BCUT2D eigenvalue weighted by Gasteiger charge is 2.52. The minimum atomic E-state index is -0.150. The smallest absolute Gasteiger partial charge is 0.252 e. The van der Waals surface area contributed by atoms with E-state index in [9.17, 15) is 9.90 Å². The Kier molecular flexibility index (Phi) is 4.06. The molecule has 2 heterocycles. The highest BCUT2D eigenvalue weighted by atomic mass is 32.1. The molecule has 5 rings (SSSR count). The summed E-state index contributed by atoms with van der Waals surface area (Å²) in [6.45, 7) is 4.49. The summed E-state index contributed by atoms with van der Waals surface area (Å²) in [5, 5.41) is 17.4. The van der Waals surface area contributed by atoms with Crippen LogP contribution < -0.4 is 5.32 Å². The number of benzene rings is 1. The van der Waals surface area contributed by atoms with Gasteiger partial charge in [-0.3, -0.25) is 9.69 Å². The second kappa shape index (κ2) is 6.35. The number of piperidine rings is 1. The van der Waals surface area contributed by atoms with Crippen LogP contribution in [0.25, 0.3) is 0 Å². The van der Waals surface area contributed by atoms with Crippen molar-refractivity contribution in [2.45, 2.75) is 50.1 Å². The summed E-state index contributed by atoms with van der Waals surface area (Å²) in [4.78, 5) is 15.5. The van der Waals surface area contributed by atoms with Gasteiger partial charge in [0.2, 0.25) is 0 Å². The van der Waals surface area contributed by atoms with E-state index in [1.54, 1.807) is 17.4 Å². The van der Waals surface area contributed by atoms with E-state index in [1.807, 2.05) is 22.9 Å². The number of aromatic hydroxyl groups is 1. The number of fused-ring (bicyclic) bond motifs is 4. The molecule has 2 N–H and O–H groups in total. The van der Waals surface area contributed by atoms with Crippen LogP contribution in [0.5, 0.6) is 5.75 Å². The third-order valence-electron chi connectivity index (χ3n) is 6.86. The molecule has 4 nitrogen and oxygen atoms in total. The summed E-state index contributed by atoms with van der Waals surface area (Å²) < 4.78 is 0. The number of nitrogens with zero attached hydrogens (tertiary/aromatic N) is 1. The molecule has 0 spiro atoms. The van der Waals surface area contributed by atoms with Crippen molar-refractivity contribution in [1.82, 2.24) is 10.2 Å². The van der Waals surface area contributed by atoms with E-state index >= 15 is 0 Å². The number of likely N-dealkylation sites (tertiary alicyclic amines) is 1. The highest BCUT2D eigenvalue weighted by molar-refractivity contribution is 7.08. The fraction of sp³-hybridized carbons (Fsp3) is 0.500. The third kappa shape index (κ3) is 2.97. The van der Waals surface area contributed by atoms with Crippen LogP contribution in [-0.2, 0) is 11.8 Å². The topological polar surface area (TPSA) is 52.6 Å². The Balaban J connectivity index is 1.52. The highest BCUT2D eigenvalue weighted by Crippen LogP contribution is 2.47. The predicted octanol–water partition coefficient (Wildman–Crippen LogP) is 3.55. The molecule has 1 saturated carbocycles. The molecule has 0 radical (unpaired) electrons. The summed E-state index contributed by atoms with van der Waals surface area (Å²) >= 11 is 1.55. The van der Waals surface area contributed by atoms with Crippen molar-refractivity contribution in [3.8, 4) is 5.75 Å². The maximum Gasteiger partial charge on any atom is 0.252 e. The van der Waals surface area contributed by atoms with Crippen LogP contribution >= 0.6 is 11.3 Å². The molecule has 1 aliphatic heterocycles. The van der Waals surface area contributed by atoms with Crippen molar-refractivity contribution in [1.29, 1.82) is 0 Å². The Bertz CT molecular complexity index is 861. The first-order chi connectivity index (χ1) is 13.0. The average Bonchev–Trinajstić information content (AvgIpc) is 3.29. The van der Waals surface area contributed by atoms with Crippen LogP contribution in [-0.4, -0.2) is 41.1 Å². The van der Waals surface area contributed by atoms with Gasteiger partial charge in [-0.2, -0.15) is 11.3 Å². The lowest BCUT2D eigenvalue weighted by molar-refractivity contribution is 0.0394. The summed E-state index contributed by atoms with van der Waals surface area (Å²) in [6, 6.07) is 8.07. The van der Waals surface area contributed by atoms with Gasteiger partial charge in [0.15, 0.2) is 0 Å². The first-order valence-electron chi connectivity index (χ1n) is 9.94. The lowest BCUT2D eigenvalue weighted by Gasteiger charge is -2.55. The molecule has 3 atom stereocenters. The van der Waals surface area contributed by atoms with Crippen molar-refractivity contribution in [2.24, 2.45) is 5.92 Å². The van der Waals surface area contributed by atoms with Crippen LogP contribution in [0.3, 0.4) is 0 Å².